The fourth-order valence-corrected chi connectivity index (χ4v) is 3.45. The number of likely N-dealkylation sites (tertiary alicyclic amines) is 1. The quantitative estimate of drug-likeness (QED) is 0.706. The number of rotatable bonds is 5. The maximum atomic E-state index is 12.5. The summed E-state index contributed by atoms with van der Waals surface area (Å²) in [5.41, 5.74) is -0.463. The van der Waals surface area contributed by atoms with E-state index in [0.717, 1.165) is 15.8 Å². The summed E-state index contributed by atoms with van der Waals surface area (Å²) in [6, 6.07) is 3.56. The number of ether oxygens (including phenoxy) is 1. The highest BCUT2D eigenvalue weighted by Gasteiger charge is 2.29. The molecule has 0 N–H and O–H groups in total. The minimum absolute atomic E-state index is 0.195. The zero-order valence-electron chi connectivity index (χ0n) is 13.8. The van der Waals surface area contributed by atoms with E-state index in [2.05, 4.69) is 10.4 Å². The number of piperidine rings is 1. The smallest absolute Gasteiger partial charge is 0.369 e. The van der Waals surface area contributed by atoms with Gasteiger partial charge in [0.2, 0.25) is 5.91 Å². The predicted molar refractivity (Wildman–Crippen MR) is 89.4 cm³/mol. The molecule has 0 spiro atoms. The van der Waals surface area contributed by atoms with Crippen molar-refractivity contribution >= 4 is 23.2 Å². The van der Waals surface area contributed by atoms with Crippen molar-refractivity contribution < 1.29 is 14.3 Å². The Bertz CT molecular complexity index is 797. The van der Waals surface area contributed by atoms with Gasteiger partial charge < -0.3 is 9.64 Å². The number of carbonyl (C=O) groups is 2. The second-order valence-electron chi connectivity index (χ2n) is 5.71. The lowest BCUT2D eigenvalue weighted by molar-refractivity contribution is -0.151. The van der Waals surface area contributed by atoms with Gasteiger partial charge in [0, 0.05) is 13.1 Å². The van der Waals surface area contributed by atoms with Gasteiger partial charge in [0.05, 0.1) is 12.5 Å². The molecular formula is C15H19N5O4S. The highest BCUT2D eigenvalue weighted by Crippen LogP contribution is 2.18. The summed E-state index contributed by atoms with van der Waals surface area (Å²) in [6.07, 6.45) is 1.43. The maximum absolute atomic E-state index is 12.5. The Kier molecular flexibility index (Phi) is 5.27. The Morgan fingerprint density at radius 2 is 2.24 bits per heavy atom. The Morgan fingerprint density at radius 3 is 2.96 bits per heavy atom. The van der Waals surface area contributed by atoms with Crippen molar-refractivity contribution in [3.05, 3.63) is 28.0 Å². The third-order valence-corrected chi connectivity index (χ3v) is 4.88. The molecule has 3 heterocycles. The lowest BCUT2D eigenvalue weighted by Crippen LogP contribution is -2.45. The van der Waals surface area contributed by atoms with Gasteiger partial charge in [0.25, 0.3) is 0 Å². The molecule has 1 unspecified atom stereocenters. The van der Waals surface area contributed by atoms with Crippen molar-refractivity contribution in [2.24, 2.45) is 5.92 Å². The lowest BCUT2D eigenvalue weighted by Gasteiger charge is -2.31. The van der Waals surface area contributed by atoms with Crippen LogP contribution in [0.25, 0.3) is 5.00 Å². The number of amides is 1. The lowest BCUT2D eigenvalue weighted by atomic mass is 9.98. The molecule has 25 heavy (non-hydrogen) atoms. The van der Waals surface area contributed by atoms with E-state index in [1.54, 1.807) is 24.0 Å². The summed E-state index contributed by atoms with van der Waals surface area (Å²) < 4.78 is 7.23. The molecule has 134 valence electrons. The molecule has 0 saturated carbocycles. The topological polar surface area (TPSA) is 99.3 Å². The molecule has 1 atom stereocenters. The van der Waals surface area contributed by atoms with Crippen LogP contribution >= 0.6 is 11.3 Å². The van der Waals surface area contributed by atoms with E-state index in [-0.39, 0.29) is 24.3 Å². The molecular weight excluding hydrogens is 346 g/mol. The van der Waals surface area contributed by atoms with E-state index in [0.29, 0.717) is 31.1 Å². The predicted octanol–water partition coefficient (Wildman–Crippen LogP) is 0.292. The van der Waals surface area contributed by atoms with Crippen LogP contribution in [0.2, 0.25) is 0 Å². The van der Waals surface area contributed by atoms with Crippen molar-refractivity contribution in [3.63, 3.8) is 0 Å². The first kappa shape index (κ1) is 17.3. The van der Waals surface area contributed by atoms with Crippen LogP contribution in [0, 0.1) is 5.92 Å². The number of nitrogens with zero attached hydrogens (tertiary/aromatic N) is 5. The van der Waals surface area contributed by atoms with Gasteiger partial charge in [-0.05, 0) is 47.7 Å². The van der Waals surface area contributed by atoms with Crippen LogP contribution in [-0.2, 0) is 20.9 Å². The number of aromatic nitrogens is 4. The fourth-order valence-electron chi connectivity index (χ4n) is 2.79. The molecule has 9 nitrogen and oxygen atoms in total. The fraction of sp³-hybridized carbons (Fsp3) is 0.533. The Hall–Kier alpha value is -2.49. The Morgan fingerprint density at radius 1 is 1.40 bits per heavy atom. The molecule has 2 aromatic rings. The summed E-state index contributed by atoms with van der Waals surface area (Å²) in [6.45, 7) is 2.76. The largest absolute Gasteiger partial charge is 0.466 e. The molecule has 0 aliphatic carbocycles. The normalized spacial score (nSPS) is 17.5. The third-order valence-electron chi connectivity index (χ3n) is 4.03. The molecule has 10 heteroatoms. The minimum Gasteiger partial charge on any atom is -0.466 e. The number of hydrogen-bond acceptors (Lipinski definition) is 7. The number of esters is 1. The maximum Gasteiger partial charge on any atom is 0.369 e. The standard InChI is InChI=1S/C15H19N5O4S/c1-2-24-14(22)11-5-3-7-18(9-11)12(21)10-19-15(23)20(17-16-19)13-6-4-8-25-13/h4,6,8,11H,2-3,5,7,9-10H2,1H3. The second-order valence-corrected chi connectivity index (χ2v) is 6.64. The highest BCUT2D eigenvalue weighted by molar-refractivity contribution is 7.12. The zero-order valence-corrected chi connectivity index (χ0v) is 14.6. The van der Waals surface area contributed by atoms with Crippen molar-refractivity contribution in [3.8, 4) is 5.00 Å². The van der Waals surface area contributed by atoms with Crippen molar-refractivity contribution in [2.45, 2.75) is 26.3 Å². The van der Waals surface area contributed by atoms with Crippen molar-refractivity contribution in [1.29, 1.82) is 0 Å². The van der Waals surface area contributed by atoms with E-state index < -0.39 is 5.69 Å². The van der Waals surface area contributed by atoms with Gasteiger partial charge in [0.1, 0.15) is 11.5 Å². The number of carbonyl (C=O) groups excluding carboxylic acids is 2. The van der Waals surface area contributed by atoms with Gasteiger partial charge in [-0.1, -0.05) is 0 Å². The van der Waals surface area contributed by atoms with Crippen LogP contribution in [-0.4, -0.2) is 56.3 Å². The SMILES string of the molecule is CCOC(=O)C1CCCN(C(=O)Cn2nnn(-c3cccs3)c2=O)C1. The molecule has 0 bridgehead atoms. The van der Waals surface area contributed by atoms with E-state index in [1.165, 1.54) is 11.3 Å². The van der Waals surface area contributed by atoms with E-state index in [4.69, 9.17) is 4.74 Å². The van der Waals surface area contributed by atoms with E-state index in [9.17, 15) is 14.4 Å². The van der Waals surface area contributed by atoms with E-state index >= 15 is 0 Å². The first-order valence-electron chi connectivity index (χ1n) is 8.11. The summed E-state index contributed by atoms with van der Waals surface area (Å²) in [7, 11) is 0. The van der Waals surface area contributed by atoms with Crippen LogP contribution in [0.3, 0.4) is 0 Å². The monoisotopic (exact) mass is 365 g/mol. The van der Waals surface area contributed by atoms with Crippen LogP contribution < -0.4 is 5.69 Å². The summed E-state index contributed by atoms with van der Waals surface area (Å²) in [4.78, 5) is 38.2. The van der Waals surface area contributed by atoms with E-state index in [1.807, 2.05) is 5.38 Å². The third kappa shape index (κ3) is 3.78. The molecule has 1 aliphatic rings. The highest BCUT2D eigenvalue weighted by atomic mass is 32.1. The Balaban J connectivity index is 1.66. The zero-order chi connectivity index (χ0) is 17.8. The van der Waals surface area contributed by atoms with Crippen LogP contribution in [0.15, 0.2) is 22.3 Å². The van der Waals surface area contributed by atoms with Crippen LogP contribution in [0.4, 0.5) is 0 Å². The first-order valence-corrected chi connectivity index (χ1v) is 8.99. The molecule has 2 aromatic heterocycles. The van der Waals surface area contributed by atoms with Crippen LogP contribution in [0.5, 0.6) is 0 Å². The van der Waals surface area contributed by atoms with Gasteiger partial charge in [-0.3, -0.25) is 9.59 Å². The Labute approximate surface area is 147 Å². The van der Waals surface area contributed by atoms with Crippen molar-refractivity contribution in [2.75, 3.05) is 19.7 Å². The summed E-state index contributed by atoms with van der Waals surface area (Å²) in [5, 5.41) is 10.1. The molecule has 3 rings (SSSR count). The summed E-state index contributed by atoms with van der Waals surface area (Å²) >= 11 is 1.36. The van der Waals surface area contributed by atoms with Gasteiger partial charge >= 0.3 is 11.7 Å². The number of thiophene rings is 1. The molecule has 1 aliphatic heterocycles. The van der Waals surface area contributed by atoms with Gasteiger partial charge in [-0.2, -0.15) is 9.36 Å². The molecule has 1 amide bonds. The van der Waals surface area contributed by atoms with Crippen molar-refractivity contribution in [1.82, 2.24) is 24.7 Å². The van der Waals surface area contributed by atoms with Gasteiger partial charge in [0.15, 0.2) is 0 Å². The van der Waals surface area contributed by atoms with Crippen LogP contribution in [0.1, 0.15) is 19.8 Å². The van der Waals surface area contributed by atoms with Gasteiger partial charge in [-0.25, -0.2) is 4.79 Å². The summed E-state index contributed by atoms with van der Waals surface area (Å²) in [5.74, 6) is -0.841. The molecule has 1 saturated heterocycles. The average molecular weight is 365 g/mol. The van der Waals surface area contributed by atoms with Gasteiger partial charge in [-0.15, -0.1) is 11.3 Å². The molecule has 0 aromatic carbocycles. The number of hydrogen-bond donors (Lipinski definition) is 0. The molecule has 1 fully saturated rings. The number of tetrazole rings is 1. The molecule has 0 radical (unpaired) electrons. The second kappa shape index (κ2) is 7.60. The first-order chi connectivity index (χ1) is 12.1. The average Bonchev–Trinajstić information content (AvgIpc) is 3.26. The minimum atomic E-state index is -0.463.